The highest BCUT2D eigenvalue weighted by atomic mass is 127. The van der Waals surface area contributed by atoms with Crippen LogP contribution in [-0.2, 0) is 14.4 Å². The lowest BCUT2D eigenvalue weighted by Crippen LogP contribution is -2.36. The number of imide groups is 1. The van der Waals surface area contributed by atoms with Gasteiger partial charge in [-0.3, -0.25) is 24.1 Å². The molecule has 2 aromatic rings. The number of hydrogen-bond donors (Lipinski definition) is 2. The normalized spacial score (nSPS) is 14.8. The molecule has 30 heavy (non-hydrogen) atoms. The minimum Gasteiger partial charge on any atom is -0.483 e. The Labute approximate surface area is 190 Å². The standard InChI is InChI=1S/C20H16IN3O5S/c21-13-5-7-14(8-6-13)23-18(26)10-24-19(27)16(30-20(24)28)9-12-3-1-2-4-15(12)29-11-17(22)25/h1-9H,10-11H2,(H2,22,25)(H,23,26)/b16-9+. The van der Waals surface area contributed by atoms with Gasteiger partial charge >= 0.3 is 0 Å². The molecule has 0 spiro atoms. The number of anilines is 1. The fourth-order valence-corrected chi connectivity index (χ4v) is 3.72. The maximum absolute atomic E-state index is 12.7. The summed E-state index contributed by atoms with van der Waals surface area (Å²) >= 11 is 2.88. The van der Waals surface area contributed by atoms with Crippen LogP contribution >= 0.6 is 34.4 Å². The highest BCUT2D eigenvalue weighted by Crippen LogP contribution is 2.33. The zero-order chi connectivity index (χ0) is 21.7. The van der Waals surface area contributed by atoms with Crippen LogP contribution in [0.3, 0.4) is 0 Å². The van der Waals surface area contributed by atoms with Gasteiger partial charge in [0.2, 0.25) is 5.91 Å². The average molecular weight is 537 g/mol. The number of nitrogens with two attached hydrogens (primary N) is 1. The number of rotatable bonds is 7. The van der Waals surface area contributed by atoms with Crippen molar-refractivity contribution in [3.05, 3.63) is 62.6 Å². The minimum atomic E-state index is -0.635. The molecule has 8 nitrogen and oxygen atoms in total. The molecule has 1 saturated heterocycles. The van der Waals surface area contributed by atoms with E-state index >= 15 is 0 Å². The van der Waals surface area contributed by atoms with Crippen LogP contribution in [0.4, 0.5) is 10.5 Å². The van der Waals surface area contributed by atoms with Gasteiger partial charge < -0.3 is 15.8 Å². The first-order valence-electron chi connectivity index (χ1n) is 8.64. The summed E-state index contributed by atoms with van der Waals surface area (Å²) < 4.78 is 6.35. The van der Waals surface area contributed by atoms with Gasteiger partial charge in [-0.25, -0.2) is 0 Å². The first kappa shape index (κ1) is 21.8. The highest BCUT2D eigenvalue weighted by Gasteiger charge is 2.36. The van der Waals surface area contributed by atoms with Crippen molar-refractivity contribution in [2.24, 2.45) is 5.73 Å². The van der Waals surface area contributed by atoms with E-state index in [9.17, 15) is 19.2 Å². The molecule has 0 saturated carbocycles. The van der Waals surface area contributed by atoms with Gasteiger partial charge in [0, 0.05) is 14.8 Å². The number of nitrogens with zero attached hydrogens (tertiary/aromatic N) is 1. The smallest absolute Gasteiger partial charge is 0.294 e. The molecular formula is C20H16IN3O5S. The minimum absolute atomic E-state index is 0.150. The number of nitrogens with one attached hydrogen (secondary N) is 1. The number of benzene rings is 2. The lowest BCUT2D eigenvalue weighted by atomic mass is 10.2. The summed E-state index contributed by atoms with van der Waals surface area (Å²) in [6, 6.07) is 13.8. The quantitative estimate of drug-likeness (QED) is 0.415. The second-order valence-corrected chi connectivity index (χ2v) is 8.35. The van der Waals surface area contributed by atoms with Crippen molar-refractivity contribution in [2.75, 3.05) is 18.5 Å². The molecule has 3 rings (SSSR count). The molecule has 4 amide bonds. The van der Waals surface area contributed by atoms with E-state index in [2.05, 4.69) is 27.9 Å². The Bertz CT molecular complexity index is 1040. The van der Waals surface area contributed by atoms with Crippen LogP contribution in [0.1, 0.15) is 5.56 Å². The lowest BCUT2D eigenvalue weighted by Gasteiger charge is -2.12. The molecule has 0 atom stereocenters. The predicted molar refractivity (Wildman–Crippen MR) is 122 cm³/mol. The second kappa shape index (κ2) is 9.76. The van der Waals surface area contributed by atoms with Gasteiger partial charge in [0.1, 0.15) is 12.3 Å². The van der Waals surface area contributed by atoms with E-state index < -0.39 is 29.5 Å². The zero-order valence-electron chi connectivity index (χ0n) is 15.5. The maximum Gasteiger partial charge on any atom is 0.294 e. The molecule has 0 radical (unpaired) electrons. The van der Waals surface area contributed by atoms with Crippen LogP contribution in [0.15, 0.2) is 53.4 Å². The van der Waals surface area contributed by atoms with Crippen LogP contribution in [-0.4, -0.2) is 41.0 Å². The van der Waals surface area contributed by atoms with Gasteiger partial charge in [-0.05, 0) is 70.8 Å². The number of carbonyl (C=O) groups is 4. The van der Waals surface area contributed by atoms with Crippen molar-refractivity contribution in [1.29, 1.82) is 0 Å². The van der Waals surface area contributed by atoms with Crippen LogP contribution in [0.2, 0.25) is 0 Å². The third-order valence-corrected chi connectivity index (χ3v) is 5.51. The van der Waals surface area contributed by atoms with Gasteiger partial charge in [-0.2, -0.15) is 0 Å². The molecule has 0 aliphatic carbocycles. The van der Waals surface area contributed by atoms with Crippen molar-refractivity contribution in [3.8, 4) is 5.75 Å². The van der Waals surface area contributed by atoms with Gasteiger partial charge in [-0.1, -0.05) is 18.2 Å². The van der Waals surface area contributed by atoms with Gasteiger partial charge in [0.05, 0.1) is 4.91 Å². The summed E-state index contributed by atoms with van der Waals surface area (Å²) in [7, 11) is 0. The number of thioether (sulfide) groups is 1. The van der Waals surface area contributed by atoms with E-state index in [4.69, 9.17) is 10.5 Å². The number of ether oxygens (including phenoxy) is 1. The topological polar surface area (TPSA) is 119 Å². The van der Waals surface area contributed by atoms with E-state index in [0.717, 1.165) is 20.2 Å². The second-order valence-electron chi connectivity index (χ2n) is 6.12. The third-order valence-electron chi connectivity index (χ3n) is 3.88. The fourth-order valence-electron chi connectivity index (χ4n) is 2.53. The van der Waals surface area contributed by atoms with E-state index in [1.165, 1.54) is 6.08 Å². The van der Waals surface area contributed by atoms with Crippen molar-refractivity contribution >= 4 is 69.1 Å². The summed E-state index contributed by atoms with van der Waals surface area (Å²) in [4.78, 5) is 49.2. The van der Waals surface area contributed by atoms with E-state index in [-0.39, 0.29) is 11.5 Å². The summed E-state index contributed by atoms with van der Waals surface area (Å²) in [5.74, 6) is -1.35. The van der Waals surface area contributed by atoms with Gasteiger partial charge in [0.15, 0.2) is 6.61 Å². The Kier molecular flexibility index (Phi) is 7.11. The molecule has 1 aliphatic heterocycles. The molecular weight excluding hydrogens is 521 g/mol. The van der Waals surface area contributed by atoms with Crippen molar-refractivity contribution in [3.63, 3.8) is 0 Å². The molecule has 0 bridgehead atoms. The van der Waals surface area contributed by atoms with Crippen LogP contribution in [0.25, 0.3) is 6.08 Å². The molecule has 1 fully saturated rings. The Balaban J connectivity index is 1.71. The maximum atomic E-state index is 12.7. The number of halogens is 1. The van der Waals surface area contributed by atoms with Crippen LogP contribution < -0.4 is 15.8 Å². The summed E-state index contributed by atoms with van der Waals surface area (Å²) in [6.07, 6.45) is 1.48. The SMILES string of the molecule is NC(=O)COc1ccccc1/C=C1/SC(=O)N(CC(=O)Nc2ccc(I)cc2)C1=O. The van der Waals surface area contributed by atoms with Crippen molar-refractivity contribution < 1.29 is 23.9 Å². The summed E-state index contributed by atoms with van der Waals surface area (Å²) in [6.45, 7) is -0.709. The van der Waals surface area contributed by atoms with Gasteiger partial charge in [-0.15, -0.1) is 0 Å². The number of hydrogen-bond acceptors (Lipinski definition) is 6. The average Bonchev–Trinajstić information content (AvgIpc) is 2.96. The van der Waals surface area contributed by atoms with Crippen LogP contribution in [0.5, 0.6) is 5.75 Å². The highest BCUT2D eigenvalue weighted by molar-refractivity contribution is 14.1. The van der Waals surface area contributed by atoms with Crippen LogP contribution in [0, 0.1) is 3.57 Å². The summed E-state index contributed by atoms with van der Waals surface area (Å²) in [5.41, 5.74) is 6.17. The molecule has 1 heterocycles. The Morgan fingerprint density at radius 1 is 1.13 bits per heavy atom. The Morgan fingerprint density at radius 2 is 1.83 bits per heavy atom. The summed E-state index contributed by atoms with van der Waals surface area (Å²) in [5, 5.41) is 2.12. The van der Waals surface area contributed by atoms with E-state index in [1.54, 1.807) is 36.4 Å². The predicted octanol–water partition coefficient (Wildman–Crippen LogP) is 2.83. The molecule has 10 heteroatoms. The number of primary amides is 1. The number of para-hydroxylation sites is 1. The van der Waals surface area contributed by atoms with E-state index in [0.29, 0.717) is 17.0 Å². The molecule has 0 aromatic heterocycles. The zero-order valence-corrected chi connectivity index (χ0v) is 18.4. The lowest BCUT2D eigenvalue weighted by molar-refractivity contribution is -0.127. The molecule has 0 unspecified atom stereocenters. The van der Waals surface area contributed by atoms with Gasteiger partial charge in [0.25, 0.3) is 17.1 Å². The molecule has 3 N–H and O–H groups in total. The first-order chi connectivity index (χ1) is 14.3. The van der Waals surface area contributed by atoms with Crippen molar-refractivity contribution in [1.82, 2.24) is 4.90 Å². The molecule has 1 aliphatic rings. The number of carbonyl (C=O) groups excluding carboxylic acids is 4. The first-order valence-corrected chi connectivity index (χ1v) is 10.5. The Hall–Kier alpha value is -2.86. The Morgan fingerprint density at radius 3 is 2.53 bits per heavy atom. The largest absolute Gasteiger partial charge is 0.483 e. The fraction of sp³-hybridized carbons (Fsp3) is 0.100. The monoisotopic (exact) mass is 537 g/mol. The van der Waals surface area contributed by atoms with E-state index in [1.807, 2.05) is 12.1 Å². The van der Waals surface area contributed by atoms with Crippen molar-refractivity contribution in [2.45, 2.75) is 0 Å². The third kappa shape index (κ3) is 5.60. The number of amides is 4. The molecule has 154 valence electrons. The molecule has 2 aromatic carbocycles.